The number of aliphatic carboxylic acids is 2. The number of carboxylic acid groups (broad SMARTS) is 2. The molecule has 0 aromatic heterocycles. The molecule has 0 aliphatic carbocycles. The fourth-order valence-electron chi connectivity index (χ4n) is 2.77. The predicted octanol–water partition coefficient (Wildman–Crippen LogP) is 1.13. The van der Waals surface area contributed by atoms with Crippen molar-refractivity contribution in [3.63, 3.8) is 0 Å². The summed E-state index contributed by atoms with van der Waals surface area (Å²) in [6, 6.07) is 10.5. The van der Waals surface area contributed by atoms with Gasteiger partial charge in [-0.15, -0.1) is 0 Å². The number of hydrogen-bond acceptors (Lipinski definition) is 5. The lowest BCUT2D eigenvalue weighted by Crippen LogP contribution is -2.49. The Kier molecular flexibility index (Phi) is 9.98. The normalized spacial score (nSPS) is 15.6. The van der Waals surface area contributed by atoms with E-state index in [4.69, 9.17) is 19.8 Å². The van der Waals surface area contributed by atoms with Gasteiger partial charge in [-0.3, -0.25) is 0 Å². The first-order chi connectivity index (χ1) is 12.8. The van der Waals surface area contributed by atoms with Crippen LogP contribution in [0.15, 0.2) is 30.3 Å². The zero-order valence-electron chi connectivity index (χ0n) is 15.6. The quantitative estimate of drug-likeness (QED) is 0.659. The summed E-state index contributed by atoms with van der Waals surface area (Å²) in [4.78, 5) is 20.6. The van der Waals surface area contributed by atoms with Gasteiger partial charge in [-0.25, -0.2) is 18.0 Å². The Morgan fingerprint density at radius 3 is 2.04 bits per heavy atom. The molecule has 0 atom stereocenters. The molecule has 2 N–H and O–H groups in total. The third-order valence-corrected chi connectivity index (χ3v) is 6.23. The third kappa shape index (κ3) is 8.98. The SMILES string of the molecule is CCCS(=O)(=O)N1CCN(CCCc2ccccc2)CC1.O=C(O)C(=O)O. The van der Waals surface area contributed by atoms with E-state index in [1.807, 2.05) is 13.0 Å². The summed E-state index contributed by atoms with van der Waals surface area (Å²) in [5, 5.41) is 14.8. The molecule has 0 spiro atoms. The van der Waals surface area contributed by atoms with Crippen molar-refractivity contribution < 1.29 is 28.2 Å². The first-order valence-corrected chi connectivity index (χ1v) is 10.6. The van der Waals surface area contributed by atoms with Gasteiger partial charge in [-0.1, -0.05) is 37.3 Å². The standard InChI is InChI=1S/C16H26N2O2S.C2H2O4/c1-2-15-21(19,20)18-13-11-17(12-14-18)10-6-9-16-7-4-3-5-8-16;3-1(4)2(5)6/h3-5,7-8H,2,6,9-15H2,1H3;(H,3,4)(H,5,6). The summed E-state index contributed by atoms with van der Waals surface area (Å²) in [5.41, 5.74) is 1.38. The zero-order valence-corrected chi connectivity index (χ0v) is 16.4. The zero-order chi connectivity index (χ0) is 20.3. The number of piperazine rings is 1. The Labute approximate surface area is 160 Å². The van der Waals surface area contributed by atoms with Gasteiger partial charge in [0.05, 0.1) is 5.75 Å². The van der Waals surface area contributed by atoms with Gasteiger partial charge >= 0.3 is 11.9 Å². The van der Waals surface area contributed by atoms with Crippen LogP contribution in [0, 0.1) is 0 Å². The largest absolute Gasteiger partial charge is 0.473 e. The number of sulfonamides is 1. The lowest BCUT2D eigenvalue weighted by atomic mass is 10.1. The summed E-state index contributed by atoms with van der Waals surface area (Å²) in [6.45, 7) is 5.98. The molecule has 1 aromatic carbocycles. The molecule has 8 nitrogen and oxygen atoms in total. The van der Waals surface area contributed by atoms with Crippen molar-refractivity contribution in [2.45, 2.75) is 26.2 Å². The average molecular weight is 400 g/mol. The van der Waals surface area contributed by atoms with Crippen LogP contribution in [-0.2, 0) is 26.0 Å². The molecule has 1 aromatic rings. The van der Waals surface area contributed by atoms with Gasteiger partial charge in [-0.05, 0) is 31.4 Å². The van der Waals surface area contributed by atoms with E-state index in [2.05, 4.69) is 29.2 Å². The van der Waals surface area contributed by atoms with Crippen molar-refractivity contribution in [3.8, 4) is 0 Å². The minimum Gasteiger partial charge on any atom is -0.473 e. The van der Waals surface area contributed by atoms with E-state index in [9.17, 15) is 8.42 Å². The summed E-state index contributed by atoms with van der Waals surface area (Å²) >= 11 is 0. The van der Waals surface area contributed by atoms with Gasteiger partial charge in [0, 0.05) is 26.2 Å². The van der Waals surface area contributed by atoms with Gasteiger partial charge in [0.15, 0.2) is 0 Å². The number of hydrogen-bond donors (Lipinski definition) is 2. The van der Waals surface area contributed by atoms with Crippen molar-refractivity contribution in [3.05, 3.63) is 35.9 Å². The maximum Gasteiger partial charge on any atom is 0.414 e. The molecule has 1 saturated heterocycles. The van der Waals surface area contributed by atoms with E-state index in [0.717, 1.165) is 32.5 Å². The predicted molar refractivity (Wildman–Crippen MR) is 102 cm³/mol. The van der Waals surface area contributed by atoms with Crippen molar-refractivity contribution in [2.24, 2.45) is 0 Å². The molecule has 152 valence electrons. The number of carbonyl (C=O) groups is 2. The Hall–Kier alpha value is -1.97. The van der Waals surface area contributed by atoms with Crippen molar-refractivity contribution in [1.29, 1.82) is 0 Å². The number of benzene rings is 1. The Morgan fingerprint density at radius 1 is 1.00 bits per heavy atom. The van der Waals surface area contributed by atoms with Gasteiger partial charge in [-0.2, -0.15) is 4.31 Å². The first kappa shape index (κ1) is 23.1. The van der Waals surface area contributed by atoms with Crippen molar-refractivity contribution >= 4 is 22.0 Å². The van der Waals surface area contributed by atoms with Crippen LogP contribution in [0.3, 0.4) is 0 Å². The van der Waals surface area contributed by atoms with Crippen LogP contribution in [0.25, 0.3) is 0 Å². The molecule has 0 amide bonds. The lowest BCUT2D eigenvalue weighted by Gasteiger charge is -2.33. The second-order valence-corrected chi connectivity index (χ2v) is 8.34. The van der Waals surface area contributed by atoms with Crippen LogP contribution >= 0.6 is 0 Å². The summed E-state index contributed by atoms with van der Waals surface area (Å²) in [7, 11) is -3.01. The molecular formula is C18H28N2O6S. The fourth-order valence-corrected chi connectivity index (χ4v) is 4.26. The average Bonchev–Trinajstić information content (AvgIpc) is 2.63. The van der Waals surface area contributed by atoms with Crippen LogP contribution < -0.4 is 0 Å². The number of nitrogens with zero attached hydrogens (tertiary/aromatic N) is 2. The van der Waals surface area contributed by atoms with Crippen molar-refractivity contribution in [1.82, 2.24) is 9.21 Å². The molecule has 9 heteroatoms. The van der Waals surface area contributed by atoms with E-state index < -0.39 is 22.0 Å². The lowest BCUT2D eigenvalue weighted by molar-refractivity contribution is -0.159. The Morgan fingerprint density at radius 2 is 1.56 bits per heavy atom. The van der Waals surface area contributed by atoms with E-state index in [1.165, 1.54) is 5.56 Å². The van der Waals surface area contributed by atoms with Crippen LogP contribution in [0.4, 0.5) is 0 Å². The molecule has 1 heterocycles. The molecular weight excluding hydrogens is 372 g/mol. The van der Waals surface area contributed by atoms with Crippen molar-refractivity contribution in [2.75, 3.05) is 38.5 Å². The minimum atomic E-state index is -3.01. The number of carboxylic acids is 2. The van der Waals surface area contributed by atoms with Gasteiger partial charge in [0.1, 0.15) is 0 Å². The molecule has 1 aliphatic rings. The summed E-state index contributed by atoms with van der Waals surface area (Å²) < 4.78 is 25.7. The maximum atomic E-state index is 12.0. The van der Waals surface area contributed by atoms with Crippen LogP contribution in [-0.4, -0.2) is 78.3 Å². The fraction of sp³-hybridized carbons (Fsp3) is 0.556. The number of rotatable bonds is 7. The van der Waals surface area contributed by atoms with Crippen LogP contribution in [0.1, 0.15) is 25.3 Å². The topological polar surface area (TPSA) is 115 Å². The molecule has 27 heavy (non-hydrogen) atoms. The maximum absolute atomic E-state index is 12.0. The summed E-state index contributed by atoms with van der Waals surface area (Å²) in [5.74, 6) is -3.37. The van der Waals surface area contributed by atoms with E-state index in [0.29, 0.717) is 19.5 Å². The van der Waals surface area contributed by atoms with Crippen LogP contribution in [0.2, 0.25) is 0 Å². The van der Waals surface area contributed by atoms with E-state index in [1.54, 1.807) is 4.31 Å². The van der Waals surface area contributed by atoms with Crippen LogP contribution in [0.5, 0.6) is 0 Å². The molecule has 0 radical (unpaired) electrons. The highest BCUT2D eigenvalue weighted by molar-refractivity contribution is 7.89. The van der Waals surface area contributed by atoms with E-state index >= 15 is 0 Å². The molecule has 1 fully saturated rings. The molecule has 0 unspecified atom stereocenters. The highest BCUT2D eigenvalue weighted by Crippen LogP contribution is 2.10. The Bertz CT molecular complexity index is 673. The number of aryl methyl sites for hydroxylation is 1. The second kappa shape index (κ2) is 11.7. The monoisotopic (exact) mass is 400 g/mol. The minimum absolute atomic E-state index is 0.279. The molecule has 0 bridgehead atoms. The Balaban J connectivity index is 0.000000527. The van der Waals surface area contributed by atoms with E-state index in [-0.39, 0.29) is 5.75 Å². The highest BCUT2D eigenvalue weighted by atomic mass is 32.2. The smallest absolute Gasteiger partial charge is 0.414 e. The highest BCUT2D eigenvalue weighted by Gasteiger charge is 2.25. The third-order valence-electron chi connectivity index (χ3n) is 4.15. The van der Waals surface area contributed by atoms with Gasteiger partial charge < -0.3 is 15.1 Å². The summed E-state index contributed by atoms with van der Waals surface area (Å²) in [6.07, 6.45) is 2.92. The first-order valence-electron chi connectivity index (χ1n) is 8.96. The van der Waals surface area contributed by atoms with Gasteiger partial charge in [0.25, 0.3) is 0 Å². The second-order valence-electron chi connectivity index (χ2n) is 6.26. The van der Waals surface area contributed by atoms with Gasteiger partial charge in [0.2, 0.25) is 10.0 Å². The molecule has 1 aliphatic heterocycles. The molecule has 2 rings (SSSR count). The molecule has 0 saturated carbocycles.